The number of aryl methyl sites for hydroxylation is 1. The molecule has 2 unspecified atom stereocenters. The standard InChI is InChI=1S/C26H29N3O2/c1-17-12-26(29-24-11-10-21(30-2)15-23(17)24)28-20-8-5-7-19(14-20)27-16-22-13-18-6-3-4-9-25(18)31-22/h3-4,6,9-13,15,19-20,27H,5,7-8,14,16H2,1-2H3,(H,28,29). The highest BCUT2D eigenvalue weighted by Crippen LogP contribution is 2.27. The van der Waals surface area contributed by atoms with Crippen LogP contribution in [0, 0.1) is 6.92 Å². The largest absolute Gasteiger partial charge is 0.497 e. The molecule has 31 heavy (non-hydrogen) atoms. The minimum absolute atomic E-state index is 0.421. The summed E-state index contributed by atoms with van der Waals surface area (Å²) >= 11 is 0. The van der Waals surface area contributed by atoms with E-state index in [9.17, 15) is 0 Å². The van der Waals surface area contributed by atoms with Crippen molar-refractivity contribution in [1.29, 1.82) is 0 Å². The average molecular weight is 416 g/mol. The highest BCUT2D eigenvalue weighted by molar-refractivity contribution is 5.85. The first-order chi connectivity index (χ1) is 15.2. The number of hydrogen-bond acceptors (Lipinski definition) is 5. The molecule has 1 aliphatic rings. The second kappa shape index (κ2) is 8.60. The van der Waals surface area contributed by atoms with Gasteiger partial charge in [-0.1, -0.05) is 18.2 Å². The lowest BCUT2D eigenvalue weighted by Gasteiger charge is -2.30. The van der Waals surface area contributed by atoms with E-state index in [0.29, 0.717) is 12.1 Å². The Morgan fingerprint density at radius 1 is 1.06 bits per heavy atom. The van der Waals surface area contributed by atoms with Crippen molar-refractivity contribution in [2.24, 2.45) is 0 Å². The van der Waals surface area contributed by atoms with Crippen LogP contribution in [0.25, 0.3) is 21.9 Å². The number of anilines is 1. The van der Waals surface area contributed by atoms with Crippen molar-refractivity contribution in [3.05, 3.63) is 65.9 Å². The first-order valence-corrected chi connectivity index (χ1v) is 11.1. The minimum Gasteiger partial charge on any atom is -0.497 e. The molecule has 0 aliphatic heterocycles. The zero-order valence-electron chi connectivity index (χ0n) is 18.2. The molecule has 2 N–H and O–H groups in total. The van der Waals surface area contributed by atoms with Crippen LogP contribution in [0.15, 0.2) is 59.0 Å². The number of aromatic nitrogens is 1. The van der Waals surface area contributed by atoms with Gasteiger partial charge in [0.1, 0.15) is 22.9 Å². The van der Waals surface area contributed by atoms with Crippen molar-refractivity contribution >= 4 is 27.7 Å². The van der Waals surface area contributed by atoms with Crippen molar-refractivity contribution in [3.63, 3.8) is 0 Å². The van der Waals surface area contributed by atoms with Crippen molar-refractivity contribution in [3.8, 4) is 5.75 Å². The molecule has 0 bridgehead atoms. The van der Waals surface area contributed by atoms with Crippen LogP contribution < -0.4 is 15.4 Å². The molecule has 5 heteroatoms. The normalized spacial score (nSPS) is 19.0. The Morgan fingerprint density at radius 3 is 2.81 bits per heavy atom. The van der Waals surface area contributed by atoms with Gasteiger partial charge in [0.15, 0.2) is 0 Å². The van der Waals surface area contributed by atoms with Crippen LogP contribution in [0.2, 0.25) is 0 Å². The Labute approximate surface area is 182 Å². The molecule has 5 rings (SSSR count). The van der Waals surface area contributed by atoms with Crippen molar-refractivity contribution in [2.45, 2.75) is 51.2 Å². The highest BCUT2D eigenvalue weighted by Gasteiger charge is 2.22. The first kappa shape index (κ1) is 19.9. The van der Waals surface area contributed by atoms with Gasteiger partial charge in [-0.2, -0.15) is 0 Å². The van der Waals surface area contributed by atoms with Gasteiger partial charge in [0.2, 0.25) is 0 Å². The first-order valence-electron chi connectivity index (χ1n) is 11.1. The number of benzene rings is 2. The van der Waals surface area contributed by atoms with Crippen LogP contribution in [0.1, 0.15) is 37.0 Å². The summed E-state index contributed by atoms with van der Waals surface area (Å²) in [6, 6.07) is 19.4. The second-order valence-corrected chi connectivity index (χ2v) is 8.54. The average Bonchev–Trinajstić information content (AvgIpc) is 3.21. The van der Waals surface area contributed by atoms with Gasteiger partial charge in [0, 0.05) is 22.9 Å². The smallest absolute Gasteiger partial charge is 0.134 e. The fraction of sp³-hybridized carbons (Fsp3) is 0.346. The van der Waals surface area contributed by atoms with Crippen molar-refractivity contribution in [2.75, 3.05) is 12.4 Å². The number of fused-ring (bicyclic) bond motifs is 2. The lowest BCUT2D eigenvalue weighted by Crippen LogP contribution is -2.38. The maximum atomic E-state index is 5.96. The van der Waals surface area contributed by atoms with Gasteiger partial charge in [-0.25, -0.2) is 4.98 Å². The monoisotopic (exact) mass is 415 g/mol. The number of nitrogens with zero attached hydrogens (tertiary/aromatic N) is 1. The maximum Gasteiger partial charge on any atom is 0.134 e. The van der Waals surface area contributed by atoms with Gasteiger partial charge >= 0.3 is 0 Å². The lowest BCUT2D eigenvalue weighted by atomic mass is 9.91. The summed E-state index contributed by atoms with van der Waals surface area (Å²) in [6.07, 6.45) is 4.66. The molecule has 0 radical (unpaired) electrons. The van der Waals surface area contributed by atoms with Gasteiger partial charge in [-0.05, 0) is 74.6 Å². The Balaban J connectivity index is 1.23. The van der Waals surface area contributed by atoms with E-state index >= 15 is 0 Å². The number of furan rings is 1. The molecule has 2 atom stereocenters. The molecule has 2 aromatic carbocycles. The van der Waals surface area contributed by atoms with Crippen molar-refractivity contribution < 1.29 is 9.15 Å². The number of hydrogen-bond donors (Lipinski definition) is 2. The Morgan fingerprint density at radius 2 is 1.94 bits per heavy atom. The number of para-hydroxylation sites is 1. The predicted molar refractivity (Wildman–Crippen MR) is 126 cm³/mol. The van der Waals surface area contributed by atoms with E-state index < -0.39 is 0 Å². The third-order valence-electron chi connectivity index (χ3n) is 6.29. The number of pyridine rings is 1. The summed E-state index contributed by atoms with van der Waals surface area (Å²) in [5, 5.41) is 9.69. The molecule has 0 amide bonds. The molecule has 0 saturated heterocycles. The maximum absolute atomic E-state index is 5.96. The van der Waals surface area contributed by atoms with Crippen LogP contribution in [-0.4, -0.2) is 24.2 Å². The summed E-state index contributed by atoms with van der Waals surface area (Å²) in [7, 11) is 1.70. The summed E-state index contributed by atoms with van der Waals surface area (Å²) in [6.45, 7) is 2.90. The van der Waals surface area contributed by atoms with E-state index in [4.69, 9.17) is 14.1 Å². The molecule has 5 nitrogen and oxygen atoms in total. The van der Waals surface area contributed by atoms with Gasteiger partial charge < -0.3 is 19.8 Å². The van der Waals surface area contributed by atoms with E-state index in [1.807, 2.05) is 30.3 Å². The summed E-state index contributed by atoms with van der Waals surface area (Å²) in [5.41, 5.74) is 3.17. The molecular weight excluding hydrogens is 386 g/mol. The zero-order chi connectivity index (χ0) is 21.2. The molecule has 2 heterocycles. The number of nitrogens with one attached hydrogen (secondary N) is 2. The number of rotatable bonds is 6. The second-order valence-electron chi connectivity index (χ2n) is 8.54. The fourth-order valence-electron chi connectivity index (χ4n) is 4.66. The van der Waals surface area contributed by atoms with E-state index in [-0.39, 0.29) is 0 Å². The zero-order valence-corrected chi connectivity index (χ0v) is 18.2. The SMILES string of the molecule is COc1ccc2nc(NC3CCCC(NCc4cc5ccccc5o4)C3)cc(C)c2c1. The molecule has 4 aromatic rings. The van der Waals surface area contributed by atoms with Crippen LogP contribution in [0.3, 0.4) is 0 Å². The molecular formula is C26H29N3O2. The van der Waals surface area contributed by atoms with Crippen LogP contribution >= 0.6 is 0 Å². The quantitative estimate of drug-likeness (QED) is 0.416. The van der Waals surface area contributed by atoms with E-state index in [2.05, 4.69) is 41.8 Å². The number of methoxy groups -OCH3 is 1. The van der Waals surface area contributed by atoms with E-state index in [0.717, 1.165) is 52.2 Å². The van der Waals surface area contributed by atoms with Gasteiger partial charge in [0.05, 0.1) is 19.2 Å². The summed E-state index contributed by atoms with van der Waals surface area (Å²) in [5.74, 6) is 2.82. The van der Waals surface area contributed by atoms with Gasteiger partial charge in [0.25, 0.3) is 0 Å². The van der Waals surface area contributed by atoms with Crippen LogP contribution in [-0.2, 0) is 6.54 Å². The predicted octanol–water partition coefficient (Wildman–Crippen LogP) is 5.81. The number of ether oxygens (including phenoxy) is 1. The Hall–Kier alpha value is -3.05. The third-order valence-corrected chi connectivity index (χ3v) is 6.29. The van der Waals surface area contributed by atoms with Crippen molar-refractivity contribution in [1.82, 2.24) is 10.3 Å². The molecule has 0 spiro atoms. The lowest BCUT2D eigenvalue weighted by molar-refractivity contribution is 0.340. The summed E-state index contributed by atoms with van der Waals surface area (Å²) in [4.78, 5) is 4.85. The van der Waals surface area contributed by atoms with Crippen LogP contribution in [0.5, 0.6) is 5.75 Å². The summed E-state index contributed by atoms with van der Waals surface area (Å²) < 4.78 is 11.3. The molecule has 1 fully saturated rings. The molecule has 1 aliphatic carbocycles. The molecule has 160 valence electrons. The minimum atomic E-state index is 0.421. The fourth-order valence-corrected chi connectivity index (χ4v) is 4.66. The third kappa shape index (κ3) is 4.37. The molecule has 1 saturated carbocycles. The van der Waals surface area contributed by atoms with E-state index in [1.165, 1.54) is 24.8 Å². The Bertz CT molecular complexity index is 1170. The highest BCUT2D eigenvalue weighted by atomic mass is 16.5. The molecule has 2 aromatic heterocycles. The van der Waals surface area contributed by atoms with Crippen LogP contribution in [0.4, 0.5) is 5.82 Å². The topological polar surface area (TPSA) is 59.3 Å². The van der Waals surface area contributed by atoms with Gasteiger partial charge in [-0.3, -0.25) is 0 Å². The Kier molecular flexibility index (Phi) is 5.51. The van der Waals surface area contributed by atoms with E-state index in [1.54, 1.807) is 7.11 Å². The van der Waals surface area contributed by atoms with Gasteiger partial charge in [-0.15, -0.1) is 0 Å².